The van der Waals surface area contributed by atoms with Crippen molar-refractivity contribution in [2.75, 3.05) is 14.2 Å². The molecule has 0 saturated heterocycles. The molecule has 284 valence electrons. The van der Waals surface area contributed by atoms with Crippen molar-refractivity contribution in [3.63, 3.8) is 0 Å². The molecule has 4 heterocycles. The van der Waals surface area contributed by atoms with Crippen molar-refractivity contribution < 1.29 is 23.5 Å². The Hall–Kier alpha value is -5.61. The number of nitrogens with zero attached hydrogens (tertiary/aromatic N) is 4. The molecule has 0 aliphatic heterocycles. The average molecular weight is 814 g/mol. The first-order valence-corrected chi connectivity index (χ1v) is 19.6. The Morgan fingerprint density at radius 3 is 1.68 bits per heavy atom. The monoisotopic (exact) mass is 812 g/mol. The Morgan fingerprint density at radius 1 is 0.696 bits per heavy atom. The van der Waals surface area contributed by atoms with Gasteiger partial charge in [0.15, 0.2) is 0 Å². The lowest BCUT2D eigenvalue weighted by molar-refractivity contribution is 0.0590. The maximum atomic E-state index is 13.4. The number of benzene rings is 3. The van der Waals surface area contributed by atoms with E-state index in [-0.39, 0.29) is 17.8 Å². The van der Waals surface area contributed by atoms with Crippen LogP contribution >= 0.6 is 15.9 Å². The molecule has 56 heavy (non-hydrogen) atoms. The molecule has 2 aliphatic carbocycles. The first-order chi connectivity index (χ1) is 27.1. The first kappa shape index (κ1) is 37.3. The van der Waals surface area contributed by atoms with Crippen LogP contribution in [0, 0.1) is 5.82 Å². The zero-order valence-electron chi connectivity index (χ0n) is 31.8. The van der Waals surface area contributed by atoms with E-state index in [0.717, 1.165) is 78.4 Å². The number of rotatable bonds is 9. The van der Waals surface area contributed by atoms with Crippen LogP contribution in [-0.4, -0.2) is 45.3 Å². The SMILES string of the molecule is COC(=O)c1cc(C2CC2)cnc1Cc1ccc2c(c1)c(-c1ccc(F)cc1)cn2C.COC(=O)c1cc(C2CC2)cnc1Cc1ccc2c(c1)c(Br)cn2C. The molecule has 0 N–H and O–H groups in total. The van der Waals surface area contributed by atoms with Crippen LogP contribution in [0.15, 0.2) is 102 Å². The van der Waals surface area contributed by atoms with Gasteiger partial charge in [-0.2, -0.15) is 0 Å². The second-order valence-corrected chi connectivity index (χ2v) is 15.7. The Kier molecular flexibility index (Phi) is 10.3. The van der Waals surface area contributed by atoms with Gasteiger partial charge in [0.1, 0.15) is 5.82 Å². The fraction of sp³-hybridized carbons (Fsp3) is 0.261. The van der Waals surface area contributed by atoms with Gasteiger partial charge in [-0.1, -0.05) is 24.3 Å². The van der Waals surface area contributed by atoms with E-state index in [9.17, 15) is 14.0 Å². The lowest BCUT2D eigenvalue weighted by Crippen LogP contribution is -2.09. The largest absolute Gasteiger partial charge is 0.465 e. The third-order valence-corrected chi connectivity index (χ3v) is 11.5. The van der Waals surface area contributed by atoms with Crippen LogP contribution in [0.25, 0.3) is 32.9 Å². The molecule has 0 spiro atoms. The summed E-state index contributed by atoms with van der Waals surface area (Å²) in [6.45, 7) is 0. The van der Waals surface area contributed by atoms with Crippen molar-refractivity contribution in [1.82, 2.24) is 19.1 Å². The third kappa shape index (κ3) is 7.75. The third-order valence-electron chi connectivity index (χ3n) is 10.8. The second kappa shape index (κ2) is 15.5. The maximum absolute atomic E-state index is 13.4. The van der Waals surface area contributed by atoms with Crippen molar-refractivity contribution in [1.29, 1.82) is 0 Å². The van der Waals surface area contributed by atoms with Crippen LogP contribution in [0.5, 0.6) is 0 Å². The first-order valence-electron chi connectivity index (χ1n) is 18.8. The number of aryl methyl sites for hydroxylation is 2. The molecule has 10 heteroatoms. The zero-order chi connectivity index (χ0) is 39.1. The van der Waals surface area contributed by atoms with Gasteiger partial charge in [0.2, 0.25) is 0 Å². The summed E-state index contributed by atoms with van der Waals surface area (Å²) in [5, 5.41) is 2.25. The number of methoxy groups -OCH3 is 2. The zero-order valence-corrected chi connectivity index (χ0v) is 33.4. The van der Waals surface area contributed by atoms with Gasteiger partial charge in [0, 0.05) is 83.6 Å². The smallest absolute Gasteiger partial charge is 0.339 e. The molecular formula is C46H42BrFN4O4. The summed E-state index contributed by atoms with van der Waals surface area (Å²) in [5.74, 6) is 0.163. The van der Waals surface area contributed by atoms with Gasteiger partial charge in [0.25, 0.3) is 0 Å². The van der Waals surface area contributed by atoms with Crippen molar-refractivity contribution in [2.24, 2.45) is 14.1 Å². The van der Waals surface area contributed by atoms with Crippen LogP contribution in [0.4, 0.5) is 4.39 Å². The number of aromatic nitrogens is 4. The predicted octanol–water partition coefficient (Wildman–Crippen LogP) is 10.2. The van der Waals surface area contributed by atoms with Crippen LogP contribution < -0.4 is 0 Å². The van der Waals surface area contributed by atoms with Gasteiger partial charge in [0.05, 0.1) is 36.7 Å². The van der Waals surface area contributed by atoms with Crippen LogP contribution in [0.1, 0.15) is 91.9 Å². The molecule has 4 aromatic heterocycles. The summed E-state index contributed by atoms with van der Waals surface area (Å²) in [6.07, 6.45) is 13.7. The summed E-state index contributed by atoms with van der Waals surface area (Å²) in [7, 11) is 6.85. The minimum Gasteiger partial charge on any atom is -0.465 e. The number of halogens is 2. The molecule has 0 unspecified atom stereocenters. The van der Waals surface area contributed by atoms with Crippen LogP contribution in [0.2, 0.25) is 0 Å². The van der Waals surface area contributed by atoms with E-state index in [1.807, 2.05) is 38.6 Å². The highest BCUT2D eigenvalue weighted by atomic mass is 79.9. The van der Waals surface area contributed by atoms with Gasteiger partial charge in [-0.25, -0.2) is 14.0 Å². The van der Waals surface area contributed by atoms with Crippen molar-refractivity contribution in [3.8, 4) is 11.1 Å². The molecule has 2 aliphatic rings. The van der Waals surface area contributed by atoms with Gasteiger partial charge in [-0.3, -0.25) is 9.97 Å². The topological polar surface area (TPSA) is 88.2 Å². The molecule has 7 aromatic rings. The molecule has 8 nitrogen and oxygen atoms in total. The highest BCUT2D eigenvalue weighted by Gasteiger charge is 2.27. The Bertz CT molecular complexity index is 2620. The summed E-state index contributed by atoms with van der Waals surface area (Å²) in [4.78, 5) is 33.8. The standard InChI is InChI=1S/C26H23FN2O2.C20H19BrN2O2/c1-29-15-23(18-6-8-20(27)9-7-18)21-11-16(3-10-25(21)29)12-24-22(26(30)31-2)13-19(14-28-24)17-4-5-17;1-23-11-17(21)15-7-12(3-6-19(15)23)8-18-16(20(24)25-2)9-14(10-22-18)13-4-5-13/h3,6-11,13-15,17H,4-5,12H2,1-2H3;3,6-7,9-11,13H,4-5,8H2,1-2H3. The lowest BCUT2D eigenvalue weighted by atomic mass is 9.99. The quantitative estimate of drug-likeness (QED) is 0.135. The fourth-order valence-electron chi connectivity index (χ4n) is 7.45. The summed E-state index contributed by atoms with van der Waals surface area (Å²) in [6, 6.07) is 23.1. The molecule has 9 rings (SSSR count). The Balaban J connectivity index is 0.000000161. The second-order valence-electron chi connectivity index (χ2n) is 14.9. The number of fused-ring (bicyclic) bond motifs is 2. The number of hydrogen-bond acceptors (Lipinski definition) is 6. The number of pyridine rings is 2. The lowest BCUT2D eigenvalue weighted by Gasteiger charge is -2.10. The van der Waals surface area contributed by atoms with Gasteiger partial charge < -0.3 is 18.6 Å². The molecule has 3 aromatic carbocycles. The minimum absolute atomic E-state index is 0.249. The van der Waals surface area contributed by atoms with Crippen LogP contribution in [-0.2, 0) is 36.4 Å². The Morgan fingerprint density at radius 2 is 1.18 bits per heavy atom. The molecular weight excluding hydrogens is 771 g/mol. The number of esters is 2. The molecule has 0 bridgehead atoms. The van der Waals surface area contributed by atoms with Gasteiger partial charge in [-0.05, 0) is 130 Å². The predicted molar refractivity (Wildman–Crippen MR) is 220 cm³/mol. The van der Waals surface area contributed by atoms with Crippen molar-refractivity contribution in [2.45, 2.75) is 50.4 Å². The fourth-order valence-corrected chi connectivity index (χ4v) is 8.07. The highest BCUT2D eigenvalue weighted by molar-refractivity contribution is 9.10. The van der Waals surface area contributed by atoms with E-state index < -0.39 is 0 Å². The highest BCUT2D eigenvalue weighted by Crippen LogP contribution is 2.41. The maximum Gasteiger partial charge on any atom is 0.339 e. The number of ether oxygens (including phenoxy) is 2. The van der Waals surface area contributed by atoms with E-state index in [1.54, 1.807) is 12.1 Å². The normalized spacial score (nSPS) is 13.8. The summed E-state index contributed by atoms with van der Waals surface area (Å²) >= 11 is 3.61. The molecule has 2 fully saturated rings. The summed E-state index contributed by atoms with van der Waals surface area (Å²) < 4.78 is 28.6. The molecule has 0 atom stereocenters. The Labute approximate surface area is 333 Å². The van der Waals surface area contributed by atoms with E-state index in [2.05, 4.69) is 83.8 Å². The molecule has 0 radical (unpaired) electrons. The molecule has 2 saturated carbocycles. The van der Waals surface area contributed by atoms with Gasteiger partial charge in [-0.15, -0.1) is 0 Å². The average Bonchev–Trinajstić information content (AvgIpc) is 4.16. The number of carbonyl (C=O) groups excluding carboxylic acids is 2. The van der Waals surface area contributed by atoms with E-state index >= 15 is 0 Å². The van der Waals surface area contributed by atoms with Crippen LogP contribution in [0.3, 0.4) is 0 Å². The van der Waals surface area contributed by atoms with E-state index in [4.69, 9.17) is 9.47 Å². The van der Waals surface area contributed by atoms with E-state index in [1.165, 1.54) is 44.7 Å². The van der Waals surface area contributed by atoms with E-state index in [0.29, 0.717) is 35.8 Å². The molecule has 0 amide bonds. The van der Waals surface area contributed by atoms with Crippen molar-refractivity contribution >= 4 is 49.7 Å². The number of hydrogen-bond donors (Lipinski definition) is 0. The van der Waals surface area contributed by atoms with Gasteiger partial charge >= 0.3 is 11.9 Å². The van der Waals surface area contributed by atoms with Crippen molar-refractivity contribution in [3.05, 3.63) is 153 Å². The minimum atomic E-state index is -0.349. The summed E-state index contributed by atoms with van der Waals surface area (Å²) in [5.41, 5.74) is 11.3. The number of carbonyl (C=O) groups is 2.